The lowest BCUT2D eigenvalue weighted by Gasteiger charge is -2.09. The van der Waals surface area contributed by atoms with Crippen molar-refractivity contribution in [1.29, 1.82) is 0 Å². The summed E-state index contributed by atoms with van der Waals surface area (Å²) < 4.78 is 4.95. The van der Waals surface area contributed by atoms with Gasteiger partial charge in [0.2, 0.25) is 0 Å². The summed E-state index contributed by atoms with van der Waals surface area (Å²) in [5, 5.41) is 0. The van der Waals surface area contributed by atoms with Crippen LogP contribution in [0.25, 0.3) is 0 Å². The number of rotatable bonds is 1. The molecular weight excluding hydrogens is 136 g/mol. The van der Waals surface area contributed by atoms with Crippen molar-refractivity contribution in [3.05, 3.63) is 11.0 Å². The Bertz CT molecular complexity index is 151. The van der Waals surface area contributed by atoms with Gasteiger partial charge in [-0.3, -0.25) is 4.79 Å². The van der Waals surface area contributed by atoms with Gasteiger partial charge in [-0.2, -0.15) is 0 Å². The lowest BCUT2D eigenvalue weighted by Crippen LogP contribution is -2.13. The number of ether oxygens (including phenoxy) is 1. The fourth-order valence-corrected chi connectivity index (χ4v) is 1.08. The smallest absolute Gasteiger partial charge is 0.182 e. The molecule has 0 amide bonds. The maximum absolute atomic E-state index is 10.6. The standard InChI is InChI=1S/C6H8O2S/c1-9-6-2-5(7)3-8-4-6/h2H,3-4H2,1H3. The van der Waals surface area contributed by atoms with Gasteiger partial charge in [-0.05, 0) is 12.3 Å². The molecule has 0 saturated carbocycles. The zero-order chi connectivity index (χ0) is 6.69. The fraction of sp³-hybridized carbons (Fsp3) is 0.500. The van der Waals surface area contributed by atoms with Crippen LogP contribution in [0.15, 0.2) is 11.0 Å². The molecular formula is C6H8O2S. The van der Waals surface area contributed by atoms with Gasteiger partial charge in [-0.25, -0.2) is 0 Å². The van der Waals surface area contributed by atoms with Crippen LogP contribution >= 0.6 is 11.8 Å². The molecule has 1 heterocycles. The Balaban J connectivity index is 2.59. The normalized spacial score (nSPS) is 19.7. The number of carbonyl (C=O) groups is 1. The van der Waals surface area contributed by atoms with Crippen molar-refractivity contribution < 1.29 is 9.53 Å². The molecule has 1 rings (SSSR count). The Morgan fingerprint density at radius 3 is 2.89 bits per heavy atom. The van der Waals surface area contributed by atoms with E-state index in [2.05, 4.69) is 0 Å². The van der Waals surface area contributed by atoms with Crippen LogP contribution in [0.5, 0.6) is 0 Å². The molecule has 0 radical (unpaired) electrons. The summed E-state index contributed by atoms with van der Waals surface area (Å²) >= 11 is 1.56. The molecule has 0 atom stereocenters. The second-order valence-electron chi connectivity index (χ2n) is 1.77. The Labute approximate surface area is 58.3 Å². The van der Waals surface area contributed by atoms with Crippen LogP contribution in [0, 0.1) is 0 Å². The molecule has 2 nitrogen and oxygen atoms in total. The lowest BCUT2D eigenvalue weighted by molar-refractivity contribution is -0.119. The van der Waals surface area contributed by atoms with Gasteiger partial charge in [-0.1, -0.05) is 0 Å². The van der Waals surface area contributed by atoms with Gasteiger partial charge >= 0.3 is 0 Å². The predicted octanol–water partition coefficient (Wildman–Crippen LogP) is 0.833. The Hall–Kier alpha value is -0.280. The van der Waals surface area contributed by atoms with Gasteiger partial charge < -0.3 is 4.74 Å². The van der Waals surface area contributed by atoms with E-state index in [0.29, 0.717) is 6.61 Å². The molecule has 9 heavy (non-hydrogen) atoms. The van der Waals surface area contributed by atoms with Gasteiger partial charge in [0.05, 0.1) is 6.61 Å². The highest BCUT2D eigenvalue weighted by molar-refractivity contribution is 8.02. The first-order chi connectivity index (χ1) is 4.33. The van der Waals surface area contributed by atoms with Crippen molar-refractivity contribution in [1.82, 2.24) is 0 Å². The van der Waals surface area contributed by atoms with E-state index in [1.165, 1.54) is 0 Å². The van der Waals surface area contributed by atoms with Gasteiger partial charge in [0.25, 0.3) is 0 Å². The van der Waals surface area contributed by atoms with Crippen molar-refractivity contribution >= 4 is 17.5 Å². The van der Waals surface area contributed by atoms with Crippen LogP contribution < -0.4 is 0 Å². The average Bonchev–Trinajstić information content (AvgIpc) is 1.88. The van der Waals surface area contributed by atoms with Crippen molar-refractivity contribution in [2.45, 2.75) is 0 Å². The van der Waals surface area contributed by atoms with E-state index in [1.54, 1.807) is 17.8 Å². The highest BCUT2D eigenvalue weighted by Crippen LogP contribution is 2.14. The number of thioether (sulfide) groups is 1. The third kappa shape index (κ3) is 1.84. The van der Waals surface area contributed by atoms with Crippen LogP contribution in [0.2, 0.25) is 0 Å². The van der Waals surface area contributed by atoms with Crippen LogP contribution in [0.1, 0.15) is 0 Å². The maximum Gasteiger partial charge on any atom is 0.182 e. The molecule has 0 unspecified atom stereocenters. The van der Waals surface area contributed by atoms with E-state index in [0.717, 1.165) is 4.91 Å². The number of hydrogen-bond donors (Lipinski definition) is 0. The molecule has 0 bridgehead atoms. The minimum Gasteiger partial charge on any atom is -0.368 e. The molecule has 1 aliphatic rings. The van der Waals surface area contributed by atoms with E-state index in [9.17, 15) is 4.79 Å². The number of hydrogen-bond acceptors (Lipinski definition) is 3. The van der Waals surface area contributed by atoms with E-state index >= 15 is 0 Å². The van der Waals surface area contributed by atoms with E-state index < -0.39 is 0 Å². The van der Waals surface area contributed by atoms with E-state index in [4.69, 9.17) is 4.74 Å². The molecule has 0 aromatic carbocycles. The predicted molar refractivity (Wildman–Crippen MR) is 37.4 cm³/mol. The van der Waals surface area contributed by atoms with Gasteiger partial charge in [0, 0.05) is 4.91 Å². The van der Waals surface area contributed by atoms with Crippen molar-refractivity contribution in [3.63, 3.8) is 0 Å². The lowest BCUT2D eigenvalue weighted by atomic mass is 10.3. The summed E-state index contributed by atoms with van der Waals surface area (Å²) in [5.41, 5.74) is 0. The average molecular weight is 144 g/mol. The molecule has 0 N–H and O–H groups in total. The van der Waals surface area contributed by atoms with Crippen LogP contribution in [-0.4, -0.2) is 25.3 Å². The van der Waals surface area contributed by atoms with Gasteiger partial charge in [-0.15, -0.1) is 11.8 Å². The number of carbonyl (C=O) groups excluding carboxylic acids is 1. The number of ketones is 1. The fourth-order valence-electron chi connectivity index (χ4n) is 0.633. The molecule has 0 aromatic rings. The Morgan fingerprint density at radius 1 is 1.67 bits per heavy atom. The molecule has 1 aliphatic heterocycles. The highest BCUT2D eigenvalue weighted by atomic mass is 32.2. The second kappa shape index (κ2) is 3.03. The first-order valence-corrected chi connectivity index (χ1v) is 3.90. The zero-order valence-corrected chi connectivity index (χ0v) is 6.03. The third-order valence-electron chi connectivity index (χ3n) is 1.07. The van der Waals surface area contributed by atoms with E-state index in [1.807, 2.05) is 6.26 Å². The first kappa shape index (κ1) is 6.83. The van der Waals surface area contributed by atoms with Crippen LogP contribution in [0.3, 0.4) is 0 Å². The summed E-state index contributed by atoms with van der Waals surface area (Å²) in [7, 11) is 0. The zero-order valence-electron chi connectivity index (χ0n) is 5.22. The van der Waals surface area contributed by atoms with Crippen molar-refractivity contribution in [2.24, 2.45) is 0 Å². The Morgan fingerprint density at radius 2 is 2.44 bits per heavy atom. The summed E-state index contributed by atoms with van der Waals surface area (Å²) in [4.78, 5) is 11.6. The topological polar surface area (TPSA) is 26.3 Å². The van der Waals surface area contributed by atoms with Crippen LogP contribution in [-0.2, 0) is 9.53 Å². The van der Waals surface area contributed by atoms with Crippen molar-refractivity contribution in [3.8, 4) is 0 Å². The maximum atomic E-state index is 10.6. The highest BCUT2D eigenvalue weighted by Gasteiger charge is 2.07. The van der Waals surface area contributed by atoms with Gasteiger partial charge in [0.1, 0.15) is 6.61 Å². The summed E-state index contributed by atoms with van der Waals surface area (Å²) in [6, 6.07) is 0. The molecule has 3 heteroatoms. The molecule has 0 fully saturated rings. The molecule has 50 valence electrons. The van der Waals surface area contributed by atoms with Gasteiger partial charge in [0.15, 0.2) is 5.78 Å². The monoisotopic (exact) mass is 144 g/mol. The quantitative estimate of drug-likeness (QED) is 0.545. The summed E-state index contributed by atoms with van der Waals surface area (Å²) in [6.45, 7) is 0.858. The van der Waals surface area contributed by atoms with Crippen LogP contribution in [0.4, 0.5) is 0 Å². The minimum absolute atomic E-state index is 0.0746. The largest absolute Gasteiger partial charge is 0.368 e. The first-order valence-electron chi connectivity index (χ1n) is 2.68. The van der Waals surface area contributed by atoms with E-state index in [-0.39, 0.29) is 12.4 Å². The Kier molecular flexibility index (Phi) is 2.30. The minimum atomic E-state index is 0.0746. The molecule has 0 saturated heterocycles. The SMILES string of the molecule is CSC1=CC(=O)COC1. The summed E-state index contributed by atoms with van der Waals surface area (Å²) in [6.07, 6.45) is 3.59. The van der Waals surface area contributed by atoms with Crippen molar-refractivity contribution in [2.75, 3.05) is 19.5 Å². The second-order valence-corrected chi connectivity index (χ2v) is 2.71. The molecule has 0 aromatic heterocycles. The molecule has 0 aliphatic carbocycles. The molecule has 0 spiro atoms. The third-order valence-corrected chi connectivity index (χ3v) is 1.83. The summed E-state index contributed by atoms with van der Waals surface area (Å²) in [5.74, 6) is 0.0746.